The van der Waals surface area contributed by atoms with Gasteiger partial charge in [0.15, 0.2) is 0 Å². The molecule has 1 fully saturated rings. The first-order valence-electron chi connectivity index (χ1n) is 8.42. The number of halogens is 1. The van der Waals surface area contributed by atoms with Crippen LogP contribution in [-0.2, 0) is 16.4 Å². The normalized spacial score (nSPS) is 20.3. The van der Waals surface area contributed by atoms with Crippen LogP contribution in [0.3, 0.4) is 0 Å². The van der Waals surface area contributed by atoms with Crippen molar-refractivity contribution in [1.82, 2.24) is 4.31 Å². The van der Waals surface area contributed by atoms with Crippen molar-refractivity contribution in [3.8, 4) is 0 Å². The molecule has 4 rings (SSSR count). The van der Waals surface area contributed by atoms with Gasteiger partial charge in [-0.3, -0.25) is 4.79 Å². The van der Waals surface area contributed by atoms with Crippen LogP contribution in [0.1, 0.15) is 39.6 Å². The smallest absolute Gasteiger partial charge is 0.266 e. The number of carbonyl (C=O) groups excluding carboxylic acids is 1. The molecule has 8 heteroatoms. The average molecular weight is 409 g/mol. The lowest BCUT2D eigenvalue weighted by Crippen LogP contribution is -2.41. The minimum Gasteiger partial charge on any atom is -0.266 e. The molecule has 26 heavy (non-hydrogen) atoms. The number of hydrogen-bond donors (Lipinski definition) is 0. The fourth-order valence-corrected chi connectivity index (χ4v) is 6.29. The van der Waals surface area contributed by atoms with Gasteiger partial charge in [0.05, 0.1) is 4.88 Å². The van der Waals surface area contributed by atoms with Gasteiger partial charge in [-0.1, -0.05) is 17.7 Å². The highest BCUT2D eigenvalue weighted by Gasteiger charge is 2.31. The van der Waals surface area contributed by atoms with Gasteiger partial charge in [-0.05, 0) is 54.7 Å². The van der Waals surface area contributed by atoms with E-state index in [9.17, 15) is 13.2 Å². The van der Waals surface area contributed by atoms with Crippen molar-refractivity contribution in [3.05, 3.63) is 51.4 Å². The lowest BCUT2D eigenvalue weighted by Gasteiger charge is -2.28. The monoisotopic (exact) mass is 408 g/mol. The highest BCUT2D eigenvalue weighted by molar-refractivity contribution is 7.91. The third-order valence-electron chi connectivity index (χ3n) is 4.80. The number of amides is 1. The van der Waals surface area contributed by atoms with Crippen molar-refractivity contribution in [2.24, 2.45) is 4.99 Å². The molecule has 1 amide bonds. The second-order valence-electron chi connectivity index (χ2n) is 6.45. The number of carbonyl (C=O) groups is 1. The maximum Gasteiger partial charge on any atom is 0.286 e. The van der Waals surface area contributed by atoms with E-state index < -0.39 is 15.9 Å². The van der Waals surface area contributed by atoms with E-state index in [0.29, 0.717) is 23.0 Å². The van der Waals surface area contributed by atoms with Crippen LogP contribution in [0.2, 0.25) is 5.02 Å². The van der Waals surface area contributed by atoms with E-state index in [-0.39, 0.29) is 10.1 Å². The number of aliphatic imine (C=N–C) groups is 1. The number of hydrogen-bond acceptors (Lipinski definition) is 4. The van der Waals surface area contributed by atoms with E-state index in [2.05, 4.69) is 4.99 Å². The molecule has 1 aromatic heterocycles. The molecule has 0 N–H and O–H groups in total. The van der Waals surface area contributed by atoms with E-state index in [4.69, 9.17) is 11.6 Å². The summed E-state index contributed by atoms with van der Waals surface area (Å²) in [4.78, 5) is 16.8. The standard InChI is InChI=1S/C18H17ClN2O3S2/c19-14-4-5-15-12(10-14)2-3-13(15)11-20-18(22)16-6-7-17(25-16)26(23,24)21-8-1-9-21/h4-7,10-11,13H,1-3,8-9H2. The van der Waals surface area contributed by atoms with Crippen LogP contribution in [0, 0.1) is 0 Å². The van der Waals surface area contributed by atoms with E-state index in [1.165, 1.54) is 15.9 Å². The lowest BCUT2D eigenvalue weighted by molar-refractivity contribution is 0.101. The number of benzene rings is 1. The molecule has 1 aliphatic carbocycles. The molecule has 0 bridgehead atoms. The quantitative estimate of drug-likeness (QED) is 0.724. The zero-order valence-corrected chi connectivity index (χ0v) is 16.3. The highest BCUT2D eigenvalue weighted by Crippen LogP contribution is 2.34. The SMILES string of the molecule is O=C(N=CC1CCc2cc(Cl)ccc21)c1ccc(S(=O)(=O)N2CCC2)s1. The van der Waals surface area contributed by atoms with Gasteiger partial charge < -0.3 is 0 Å². The number of sulfonamides is 1. The first kappa shape index (κ1) is 17.9. The zero-order chi connectivity index (χ0) is 18.3. The van der Waals surface area contributed by atoms with Crippen molar-refractivity contribution in [3.63, 3.8) is 0 Å². The van der Waals surface area contributed by atoms with Crippen molar-refractivity contribution in [2.45, 2.75) is 29.4 Å². The van der Waals surface area contributed by atoms with Crippen LogP contribution in [0.4, 0.5) is 0 Å². The molecule has 1 saturated heterocycles. The van der Waals surface area contributed by atoms with Gasteiger partial charge >= 0.3 is 0 Å². The zero-order valence-electron chi connectivity index (χ0n) is 13.9. The molecule has 0 saturated carbocycles. The van der Waals surface area contributed by atoms with Crippen LogP contribution in [0.15, 0.2) is 39.5 Å². The van der Waals surface area contributed by atoms with Gasteiger partial charge in [-0.25, -0.2) is 13.4 Å². The first-order chi connectivity index (χ1) is 12.4. The Bertz CT molecular complexity index is 994. The summed E-state index contributed by atoms with van der Waals surface area (Å²) >= 11 is 7.00. The number of aryl methyl sites for hydroxylation is 1. The Morgan fingerprint density at radius 3 is 2.81 bits per heavy atom. The summed E-state index contributed by atoms with van der Waals surface area (Å²) in [6.07, 6.45) is 4.36. The Morgan fingerprint density at radius 1 is 1.27 bits per heavy atom. The van der Waals surface area contributed by atoms with Crippen molar-refractivity contribution in [1.29, 1.82) is 0 Å². The number of rotatable bonds is 4. The lowest BCUT2D eigenvalue weighted by atomic mass is 10.0. The van der Waals surface area contributed by atoms with E-state index in [1.54, 1.807) is 12.3 Å². The molecule has 0 spiro atoms. The molecule has 5 nitrogen and oxygen atoms in total. The van der Waals surface area contributed by atoms with Crippen LogP contribution in [0.5, 0.6) is 0 Å². The summed E-state index contributed by atoms with van der Waals surface area (Å²) in [6.45, 7) is 1.10. The van der Waals surface area contributed by atoms with Crippen molar-refractivity contribution in [2.75, 3.05) is 13.1 Å². The average Bonchev–Trinajstić information content (AvgIpc) is 3.17. The van der Waals surface area contributed by atoms with Crippen LogP contribution in [-0.4, -0.2) is 37.9 Å². The minimum atomic E-state index is -3.45. The fourth-order valence-electron chi connectivity index (χ4n) is 3.22. The van der Waals surface area contributed by atoms with Gasteiger partial charge in [0.25, 0.3) is 15.9 Å². The van der Waals surface area contributed by atoms with E-state index in [1.807, 2.05) is 18.2 Å². The Hall–Kier alpha value is -1.54. The molecule has 1 aromatic carbocycles. The predicted molar refractivity (Wildman–Crippen MR) is 103 cm³/mol. The molecule has 2 aliphatic rings. The number of nitrogens with zero attached hydrogens (tertiary/aromatic N) is 2. The molecule has 1 unspecified atom stereocenters. The van der Waals surface area contributed by atoms with E-state index in [0.717, 1.165) is 36.2 Å². The molecule has 2 aromatic rings. The van der Waals surface area contributed by atoms with Gasteiger partial charge in [-0.15, -0.1) is 11.3 Å². The predicted octanol–water partition coefficient (Wildman–Crippen LogP) is 3.74. The molecule has 1 atom stereocenters. The Kier molecular flexibility index (Phi) is 4.73. The summed E-state index contributed by atoms with van der Waals surface area (Å²) in [5.74, 6) is -0.307. The molecule has 0 radical (unpaired) electrons. The Labute approximate surface area is 161 Å². The van der Waals surface area contributed by atoms with Crippen molar-refractivity contribution < 1.29 is 13.2 Å². The van der Waals surface area contributed by atoms with E-state index >= 15 is 0 Å². The van der Waals surface area contributed by atoms with Crippen molar-refractivity contribution >= 4 is 45.1 Å². The molecule has 2 heterocycles. The molecular weight excluding hydrogens is 392 g/mol. The van der Waals surface area contributed by atoms with Crippen LogP contribution < -0.4 is 0 Å². The van der Waals surface area contributed by atoms with Gasteiger partial charge in [0.2, 0.25) is 0 Å². The topological polar surface area (TPSA) is 66.8 Å². The van der Waals surface area contributed by atoms with Crippen LogP contribution in [0.25, 0.3) is 0 Å². The summed E-state index contributed by atoms with van der Waals surface area (Å²) in [5, 5.41) is 0.715. The second-order valence-corrected chi connectivity index (χ2v) is 10.1. The van der Waals surface area contributed by atoms with Gasteiger partial charge in [-0.2, -0.15) is 4.31 Å². The Balaban J connectivity index is 1.49. The maximum absolute atomic E-state index is 12.4. The molecule has 136 valence electrons. The summed E-state index contributed by atoms with van der Waals surface area (Å²) in [5.41, 5.74) is 2.35. The summed E-state index contributed by atoms with van der Waals surface area (Å²) in [7, 11) is -3.45. The summed E-state index contributed by atoms with van der Waals surface area (Å²) < 4.78 is 26.3. The maximum atomic E-state index is 12.4. The Morgan fingerprint density at radius 2 is 2.08 bits per heavy atom. The summed E-state index contributed by atoms with van der Waals surface area (Å²) in [6, 6.07) is 8.82. The molecule has 1 aliphatic heterocycles. The number of fused-ring (bicyclic) bond motifs is 1. The number of thiophene rings is 1. The largest absolute Gasteiger partial charge is 0.286 e. The third kappa shape index (κ3) is 3.24. The fraction of sp³-hybridized carbons (Fsp3) is 0.333. The first-order valence-corrected chi connectivity index (χ1v) is 11.1. The van der Waals surface area contributed by atoms with Crippen LogP contribution >= 0.6 is 22.9 Å². The van der Waals surface area contributed by atoms with Gasteiger partial charge in [0, 0.05) is 30.2 Å². The minimum absolute atomic E-state index is 0.0930. The van der Waals surface area contributed by atoms with Gasteiger partial charge in [0.1, 0.15) is 4.21 Å². The second kappa shape index (κ2) is 6.88. The molecular formula is C18H17ClN2O3S2. The third-order valence-corrected chi connectivity index (χ3v) is 8.48. The highest BCUT2D eigenvalue weighted by atomic mass is 35.5.